The third-order valence-corrected chi connectivity index (χ3v) is 2.32. The molecular formula is C9H13N3O2. The Kier molecular flexibility index (Phi) is 2.60. The van der Waals surface area contributed by atoms with Crippen molar-refractivity contribution < 1.29 is 10.2 Å². The Morgan fingerprint density at radius 2 is 2.36 bits per heavy atom. The van der Waals surface area contributed by atoms with E-state index in [9.17, 15) is 5.11 Å². The van der Waals surface area contributed by atoms with Gasteiger partial charge in [-0.05, 0) is 6.42 Å². The van der Waals surface area contributed by atoms with Gasteiger partial charge in [0.25, 0.3) is 0 Å². The first-order chi connectivity index (χ1) is 6.79. The molecule has 5 nitrogen and oxygen atoms in total. The molecule has 0 radical (unpaired) electrons. The van der Waals surface area contributed by atoms with Crippen molar-refractivity contribution in [2.75, 3.05) is 18.0 Å². The highest BCUT2D eigenvalue weighted by Gasteiger charge is 2.21. The second-order valence-electron chi connectivity index (χ2n) is 3.42. The molecular weight excluding hydrogens is 182 g/mol. The minimum absolute atomic E-state index is 0.1000. The van der Waals surface area contributed by atoms with Gasteiger partial charge in [0.15, 0.2) is 0 Å². The Morgan fingerprint density at radius 1 is 1.50 bits per heavy atom. The highest BCUT2D eigenvalue weighted by Crippen LogP contribution is 2.17. The van der Waals surface area contributed by atoms with Crippen LogP contribution >= 0.6 is 0 Å². The second kappa shape index (κ2) is 3.89. The van der Waals surface area contributed by atoms with Crippen molar-refractivity contribution in [3.63, 3.8) is 0 Å². The van der Waals surface area contributed by atoms with Crippen molar-refractivity contribution >= 4 is 5.82 Å². The van der Waals surface area contributed by atoms with Crippen molar-refractivity contribution in [3.8, 4) is 0 Å². The molecule has 0 bridgehead atoms. The maximum absolute atomic E-state index is 9.35. The first kappa shape index (κ1) is 9.36. The molecule has 0 spiro atoms. The van der Waals surface area contributed by atoms with Crippen LogP contribution in [0, 0.1) is 0 Å². The molecule has 14 heavy (non-hydrogen) atoms. The summed E-state index contributed by atoms with van der Waals surface area (Å²) in [5.41, 5.74) is 0.559. The number of aliphatic hydroxyl groups is 2. The standard InChI is InChI=1S/C9H13N3O2/c13-6-7-3-10-4-9(11-7)12-2-1-8(14)5-12/h3-4,8,13-14H,1-2,5-6H2. The molecule has 2 rings (SSSR count). The molecule has 0 aromatic carbocycles. The zero-order chi connectivity index (χ0) is 9.97. The quantitative estimate of drug-likeness (QED) is 0.668. The van der Waals surface area contributed by atoms with Crippen LogP contribution in [0.25, 0.3) is 0 Å². The van der Waals surface area contributed by atoms with Crippen molar-refractivity contribution in [2.24, 2.45) is 0 Å². The summed E-state index contributed by atoms with van der Waals surface area (Å²) < 4.78 is 0. The largest absolute Gasteiger partial charge is 0.391 e. The first-order valence-corrected chi connectivity index (χ1v) is 4.64. The number of hydrogen-bond donors (Lipinski definition) is 2. The highest BCUT2D eigenvalue weighted by atomic mass is 16.3. The lowest BCUT2D eigenvalue weighted by atomic mass is 10.3. The summed E-state index contributed by atoms with van der Waals surface area (Å²) in [7, 11) is 0. The van der Waals surface area contributed by atoms with Crippen LogP contribution in [0.15, 0.2) is 12.4 Å². The van der Waals surface area contributed by atoms with Crippen LogP contribution in [0.3, 0.4) is 0 Å². The summed E-state index contributed by atoms with van der Waals surface area (Å²) >= 11 is 0. The van der Waals surface area contributed by atoms with Crippen LogP contribution in [-0.4, -0.2) is 39.4 Å². The van der Waals surface area contributed by atoms with Gasteiger partial charge >= 0.3 is 0 Å². The Balaban J connectivity index is 2.15. The molecule has 76 valence electrons. The molecule has 1 atom stereocenters. The number of hydrogen-bond acceptors (Lipinski definition) is 5. The topological polar surface area (TPSA) is 69.5 Å². The summed E-state index contributed by atoms with van der Waals surface area (Å²) in [5, 5.41) is 18.2. The number of aliphatic hydroxyl groups excluding tert-OH is 2. The van der Waals surface area contributed by atoms with Gasteiger partial charge in [-0.25, -0.2) is 4.98 Å². The third-order valence-electron chi connectivity index (χ3n) is 2.32. The Morgan fingerprint density at radius 3 is 3.00 bits per heavy atom. The van der Waals surface area contributed by atoms with Gasteiger partial charge in [-0.2, -0.15) is 0 Å². The highest BCUT2D eigenvalue weighted by molar-refractivity contribution is 5.37. The average molecular weight is 195 g/mol. The molecule has 2 N–H and O–H groups in total. The zero-order valence-electron chi connectivity index (χ0n) is 7.80. The van der Waals surface area contributed by atoms with E-state index in [1.54, 1.807) is 6.20 Å². The Labute approximate surface area is 82.0 Å². The van der Waals surface area contributed by atoms with Gasteiger partial charge in [0, 0.05) is 13.1 Å². The summed E-state index contributed by atoms with van der Waals surface area (Å²) in [6, 6.07) is 0. The smallest absolute Gasteiger partial charge is 0.147 e. The summed E-state index contributed by atoms with van der Waals surface area (Å²) in [5.74, 6) is 0.730. The zero-order valence-corrected chi connectivity index (χ0v) is 7.80. The molecule has 0 aliphatic carbocycles. The predicted molar refractivity (Wildman–Crippen MR) is 50.8 cm³/mol. The Hall–Kier alpha value is -1.20. The van der Waals surface area contributed by atoms with Crippen LogP contribution < -0.4 is 4.90 Å². The fourth-order valence-electron chi connectivity index (χ4n) is 1.57. The predicted octanol–water partition coefficient (Wildman–Crippen LogP) is -0.460. The average Bonchev–Trinajstić information content (AvgIpc) is 2.65. The van der Waals surface area contributed by atoms with Gasteiger partial charge in [-0.3, -0.25) is 4.98 Å². The van der Waals surface area contributed by atoms with Crippen LogP contribution in [0.1, 0.15) is 12.1 Å². The second-order valence-corrected chi connectivity index (χ2v) is 3.42. The van der Waals surface area contributed by atoms with Gasteiger partial charge in [-0.15, -0.1) is 0 Å². The van der Waals surface area contributed by atoms with E-state index in [1.165, 1.54) is 6.20 Å². The lowest BCUT2D eigenvalue weighted by molar-refractivity contribution is 0.198. The van der Waals surface area contributed by atoms with Crippen LogP contribution in [0.2, 0.25) is 0 Å². The van der Waals surface area contributed by atoms with Crippen molar-refractivity contribution in [1.29, 1.82) is 0 Å². The summed E-state index contributed by atoms with van der Waals surface area (Å²) in [4.78, 5) is 10.2. The number of anilines is 1. The number of β-amino-alcohol motifs (C(OH)–C–C–N with tert-alkyl or cyclic N) is 1. The number of aromatic nitrogens is 2. The van der Waals surface area contributed by atoms with E-state index in [0.717, 1.165) is 18.8 Å². The van der Waals surface area contributed by atoms with Crippen molar-refractivity contribution in [2.45, 2.75) is 19.1 Å². The SMILES string of the molecule is OCc1cncc(N2CCC(O)C2)n1. The van der Waals surface area contributed by atoms with Crippen LogP contribution in [-0.2, 0) is 6.61 Å². The molecule has 1 fully saturated rings. The normalized spacial score (nSPS) is 21.6. The van der Waals surface area contributed by atoms with Crippen molar-refractivity contribution in [3.05, 3.63) is 18.1 Å². The van der Waals surface area contributed by atoms with E-state index in [1.807, 2.05) is 4.90 Å². The number of rotatable bonds is 2. The molecule has 1 aromatic rings. The Bertz CT molecular complexity index is 319. The molecule has 1 aliphatic heterocycles. The minimum atomic E-state index is -0.269. The molecule has 1 saturated heterocycles. The summed E-state index contributed by atoms with van der Waals surface area (Å²) in [6.45, 7) is 1.30. The fraction of sp³-hybridized carbons (Fsp3) is 0.556. The maximum atomic E-state index is 9.35. The monoisotopic (exact) mass is 195 g/mol. The fourth-order valence-corrected chi connectivity index (χ4v) is 1.57. The van der Waals surface area contributed by atoms with Gasteiger partial charge in [0.2, 0.25) is 0 Å². The van der Waals surface area contributed by atoms with Gasteiger partial charge in [0.05, 0.1) is 30.8 Å². The third kappa shape index (κ3) is 1.83. The summed E-state index contributed by atoms with van der Waals surface area (Å²) in [6.07, 6.45) is 3.69. The van der Waals surface area contributed by atoms with Crippen LogP contribution in [0.5, 0.6) is 0 Å². The lowest BCUT2D eigenvalue weighted by Crippen LogP contribution is -2.22. The first-order valence-electron chi connectivity index (χ1n) is 4.64. The molecule has 5 heteroatoms. The molecule has 2 heterocycles. The van der Waals surface area contributed by atoms with E-state index in [-0.39, 0.29) is 12.7 Å². The molecule has 0 amide bonds. The van der Waals surface area contributed by atoms with Crippen LogP contribution in [0.4, 0.5) is 5.82 Å². The lowest BCUT2D eigenvalue weighted by Gasteiger charge is -2.16. The van der Waals surface area contributed by atoms with Gasteiger partial charge < -0.3 is 15.1 Å². The number of nitrogens with zero attached hydrogens (tertiary/aromatic N) is 3. The molecule has 1 unspecified atom stereocenters. The van der Waals surface area contributed by atoms with E-state index >= 15 is 0 Å². The molecule has 0 saturated carbocycles. The van der Waals surface area contributed by atoms with E-state index in [0.29, 0.717) is 12.2 Å². The van der Waals surface area contributed by atoms with E-state index in [4.69, 9.17) is 5.11 Å². The maximum Gasteiger partial charge on any atom is 0.147 e. The van der Waals surface area contributed by atoms with Gasteiger partial charge in [0.1, 0.15) is 5.82 Å². The van der Waals surface area contributed by atoms with E-state index in [2.05, 4.69) is 9.97 Å². The van der Waals surface area contributed by atoms with E-state index < -0.39 is 0 Å². The van der Waals surface area contributed by atoms with Crippen molar-refractivity contribution in [1.82, 2.24) is 9.97 Å². The minimum Gasteiger partial charge on any atom is -0.391 e. The molecule has 1 aliphatic rings. The molecule has 1 aromatic heterocycles. The van der Waals surface area contributed by atoms with Gasteiger partial charge in [-0.1, -0.05) is 0 Å².